The van der Waals surface area contributed by atoms with Gasteiger partial charge in [0, 0.05) is 12.2 Å². The zero-order valence-corrected chi connectivity index (χ0v) is 13.3. The summed E-state index contributed by atoms with van der Waals surface area (Å²) >= 11 is 0. The van der Waals surface area contributed by atoms with Crippen molar-refractivity contribution in [1.29, 1.82) is 0 Å². The molecule has 120 valence electrons. The lowest BCUT2D eigenvalue weighted by molar-refractivity contribution is -0.120. The highest BCUT2D eigenvalue weighted by molar-refractivity contribution is 5.97. The van der Waals surface area contributed by atoms with Crippen molar-refractivity contribution in [3.05, 3.63) is 54.6 Å². The average Bonchev–Trinajstić information content (AvgIpc) is 2.56. The Morgan fingerprint density at radius 2 is 1.57 bits per heavy atom. The Bertz CT molecular complexity index is 654. The maximum Gasteiger partial charge on any atom is 0.321 e. The van der Waals surface area contributed by atoms with E-state index in [9.17, 15) is 9.59 Å². The van der Waals surface area contributed by atoms with Crippen LogP contribution < -0.4 is 16.0 Å². The van der Waals surface area contributed by atoms with Gasteiger partial charge in [-0.1, -0.05) is 42.5 Å². The fraction of sp³-hybridized carbons (Fsp3) is 0.222. The van der Waals surface area contributed by atoms with E-state index in [1.165, 1.54) is 0 Å². The molecular weight excluding hydrogens is 290 g/mol. The molecule has 0 aliphatic rings. The number of amides is 3. The van der Waals surface area contributed by atoms with E-state index < -0.39 is 12.1 Å². The molecule has 0 heterocycles. The van der Waals surface area contributed by atoms with E-state index in [0.29, 0.717) is 6.54 Å². The van der Waals surface area contributed by atoms with Crippen LogP contribution in [0.5, 0.6) is 0 Å². The topological polar surface area (TPSA) is 70.2 Å². The molecule has 0 aliphatic carbocycles. The summed E-state index contributed by atoms with van der Waals surface area (Å²) in [6, 6.07) is 16.9. The molecule has 3 amide bonds. The molecule has 0 unspecified atom stereocenters. The summed E-state index contributed by atoms with van der Waals surface area (Å²) in [6.45, 7) is 3.97. The smallest absolute Gasteiger partial charge is 0.321 e. The quantitative estimate of drug-likeness (QED) is 0.795. The number of hydrogen-bond donors (Lipinski definition) is 3. The number of nitrogens with one attached hydrogen (secondary N) is 3. The van der Waals surface area contributed by atoms with Gasteiger partial charge >= 0.3 is 6.03 Å². The summed E-state index contributed by atoms with van der Waals surface area (Å²) in [5.41, 5.74) is 3.07. The Balaban J connectivity index is 1.95. The van der Waals surface area contributed by atoms with Crippen LogP contribution in [-0.2, 0) is 4.79 Å². The van der Waals surface area contributed by atoms with Crippen molar-refractivity contribution in [3.63, 3.8) is 0 Å². The van der Waals surface area contributed by atoms with E-state index in [0.717, 1.165) is 16.8 Å². The largest absolute Gasteiger partial charge is 0.374 e. The van der Waals surface area contributed by atoms with E-state index in [1.54, 1.807) is 13.8 Å². The standard InChI is InChI=1S/C18H21N3O2/c1-3-19-18(23)21-17(22)13(2)20-16-11-9-15(10-12-16)14-7-5-4-6-8-14/h4-13,20H,3H2,1-2H3,(H2,19,21,22,23)/t13-/m0/s1. The molecule has 5 heteroatoms. The van der Waals surface area contributed by atoms with Crippen LogP contribution in [0, 0.1) is 0 Å². The third-order valence-corrected chi connectivity index (χ3v) is 3.34. The van der Waals surface area contributed by atoms with Crippen molar-refractivity contribution < 1.29 is 9.59 Å². The van der Waals surface area contributed by atoms with Crippen LogP contribution in [0.3, 0.4) is 0 Å². The van der Waals surface area contributed by atoms with Crippen molar-refractivity contribution >= 4 is 17.6 Å². The number of carbonyl (C=O) groups excluding carboxylic acids is 2. The molecule has 1 atom stereocenters. The van der Waals surface area contributed by atoms with Crippen LogP contribution in [0.15, 0.2) is 54.6 Å². The maximum absolute atomic E-state index is 11.9. The molecule has 0 fully saturated rings. The summed E-state index contributed by atoms with van der Waals surface area (Å²) in [5.74, 6) is -0.372. The van der Waals surface area contributed by atoms with Crippen LogP contribution >= 0.6 is 0 Å². The first kappa shape index (κ1) is 16.5. The molecule has 23 heavy (non-hydrogen) atoms. The first-order valence-electron chi connectivity index (χ1n) is 7.61. The first-order valence-corrected chi connectivity index (χ1v) is 7.61. The predicted molar refractivity (Wildman–Crippen MR) is 92.2 cm³/mol. The van der Waals surface area contributed by atoms with Gasteiger partial charge < -0.3 is 10.6 Å². The van der Waals surface area contributed by atoms with E-state index in [1.807, 2.05) is 54.6 Å². The van der Waals surface area contributed by atoms with E-state index in [-0.39, 0.29) is 5.91 Å². The Kier molecular flexibility index (Phi) is 5.74. The molecule has 0 saturated carbocycles. The van der Waals surface area contributed by atoms with Crippen molar-refractivity contribution in [2.75, 3.05) is 11.9 Å². The number of carbonyl (C=O) groups is 2. The lowest BCUT2D eigenvalue weighted by Crippen LogP contribution is -2.45. The molecule has 0 radical (unpaired) electrons. The zero-order chi connectivity index (χ0) is 16.7. The minimum absolute atomic E-state index is 0.372. The maximum atomic E-state index is 11.9. The van der Waals surface area contributed by atoms with Gasteiger partial charge in [0.1, 0.15) is 6.04 Å². The highest BCUT2D eigenvalue weighted by Gasteiger charge is 2.15. The molecule has 3 N–H and O–H groups in total. The van der Waals surface area contributed by atoms with Gasteiger partial charge in [-0.15, -0.1) is 0 Å². The Morgan fingerprint density at radius 3 is 2.17 bits per heavy atom. The number of rotatable bonds is 5. The van der Waals surface area contributed by atoms with Gasteiger partial charge in [-0.3, -0.25) is 10.1 Å². The lowest BCUT2D eigenvalue weighted by atomic mass is 10.1. The van der Waals surface area contributed by atoms with Crippen molar-refractivity contribution in [3.8, 4) is 11.1 Å². The fourth-order valence-corrected chi connectivity index (χ4v) is 2.13. The van der Waals surface area contributed by atoms with E-state index in [2.05, 4.69) is 16.0 Å². The van der Waals surface area contributed by atoms with Crippen LogP contribution in [-0.4, -0.2) is 24.5 Å². The summed E-state index contributed by atoms with van der Waals surface area (Å²) in [7, 11) is 0. The second kappa shape index (κ2) is 7.98. The SMILES string of the molecule is CCNC(=O)NC(=O)[C@H](C)Nc1ccc(-c2ccccc2)cc1. The minimum Gasteiger partial charge on any atom is -0.374 e. The molecule has 0 spiro atoms. The second-order valence-corrected chi connectivity index (χ2v) is 5.16. The third kappa shape index (κ3) is 4.85. The van der Waals surface area contributed by atoms with Gasteiger partial charge in [0.05, 0.1) is 0 Å². The summed E-state index contributed by atoms with van der Waals surface area (Å²) in [4.78, 5) is 23.2. The lowest BCUT2D eigenvalue weighted by Gasteiger charge is -2.15. The molecule has 0 aromatic heterocycles. The highest BCUT2D eigenvalue weighted by atomic mass is 16.2. The Hall–Kier alpha value is -2.82. The molecule has 2 rings (SSSR count). The molecule has 2 aromatic rings. The van der Waals surface area contributed by atoms with Gasteiger partial charge in [-0.25, -0.2) is 4.79 Å². The molecular formula is C18H21N3O2. The number of hydrogen-bond acceptors (Lipinski definition) is 3. The molecule has 0 aliphatic heterocycles. The van der Waals surface area contributed by atoms with Gasteiger partial charge in [0.2, 0.25) is 5.91 Å². The van der Waals surface area contributed by atoms with E-state index in [4.69, 9.17) is 0 Å². The minimum atomic E-state index is -0.514. The number of imide groups is 1. The van der Waals surface area contributed by atoms with Crippen LogP contribution in [0.4, 0.5) is 10.5 Å². The number of urea groups is 1. The van der Waals surface area contributed by atoms with Crippen LogP contribution in [0.25, 0.3) is 11.1 Å². The van der Waals surface area contributed by atoms with Crippen molar-refractivity contribution in [1.82, 2.24) is 10.6 Å². The van der Waals surface area contributed by atoms with E-state index >= 15 is 0 Å². The number of benzene rings is 2. The summed E-state index contributed by atoms with van der Waals surface area (Å²) in [5, 5.41) is 7.88. The molecule has 0 bridgehead atoms. The van der Waals surface area contributed by atoms with Gasteiger partial charge in [0.25, 0.3) is 0 Å². The monoisotopic (exact) mass is 311 g/mol. The van der Waals surface area contributed by atoms with Crippen LogP contribution in [0.2, 0.25) is 0 Å². The zero-order valence-electron chi connectivity index (χ0n) is 13.3. The normalized spacial score (nSPS) is 11.4. The molecule has 2 aromatic carbocycles. The Morgan fingerprint density at radius 1 is 0.957 bits per heavy atom. The average molecular weight is 311 g/mol. The Labute approximate surface area is 136 Å². The highest BCUT2D eigenvalue weighted by Crippen LogP contribution is 2.21. The van der Waals surface area contributed by atoms with Gasteiger partial charge in [-0.05, 0) is 37.1 Å². The van der Waals surface area contributed by atoms with Crippen molar-refractivity contribution in [2.45, 2.75) is 19.9 Å². The van der Waals surface area contributed by atoms with Gasteiger partial charge in [0.15, 0.2) is 0 Å². The third-order valence-electron chi connectivity index (χ3n) is 3.34. The second-order valence-electron chi connectivity index (χ2n) is 5.16. The number of anilines is 1. The summed E-state index contributed by atoms with van der Waals surface area (Å²) < 4.78 is 0. The molecule has 5 nitrogen and oxygen atoms in total. The molecule has 0 saturated heterocycles. The summed E-state index contributed by atoms with van der Waals surface area (Å²) in [6.07, 6.45) is 0. The fourth-order valence-electron chi connectivity index (χ4n) is 2.13. The van der Waals surface area contributed by atoms with Crippen LogP contribution in [0.1, 0.15) is 13.8 Å². The predicted octanol–water partition coefficient (Wildman–Crippen LogP) is 3.00. The van der Waals surface area contributed by atoms with Gasteiger partial charge in [-0.2, -0.15) is 0 Å². The first-order chi connectivity index (χ1) is 11.1. The van der Waals surface area contributed by atoms with Crippen molar-refractivity contribution in [2.24, 2.45) is 0 Å².